The number of aryl methyl sites for hydroxylation is 2. The van der Waals surface area contributed by atoms with Crippen LogP contribution in [0.5, 0.6) is 0 Å². The molecule has 2 aromatic rings. The van der Waals surface area contributed by atoms with Crippen LogP contribution in [0.3, 0.4) is 0 Å². The highest BCUT2D eigenvalue weighted by atomic mass is 32.3. The molecule has 608 valence electrons. The molecule has 0 saturated carbocycles. The highest BCUT2D eigenvalue weighted by Crippen LogP contribution is 2.38. The number of nitrogens with one attached hydrogen (secondary N) is 1. The molecule has 26 nitrogen and oxygen atoms in total. The van der Waals surface area contributed by atoms with E-state index in [2.05, 4.69) is 22.6 Å². The monoisotopic (exact) mass is 1530 g/mol. The second-order valence-electron chi connectivity index (χ2n) is 31.1. The van der Waals surface area contributed by atoms with Crippen molar-refractivity contribution >= 4 is 33.6 Å². The van der Waals surface area contributed by atoms with Gasteiger partial charge in [0.2, 0.25) is 5.91 Å². The number of cyclic esters (lactones) is 1. The molecule has 0 radical (unpaired) electrons. The van der Waals surface area contributed by atoms with Crippen LogP contribution >= 0.6 is 11.3 Å². The number of aliphatic hydroxyl groups is 12. The van der Waals surface area contributed by atoms with Crippen molar-refractivity contribution in [2.45, 2.75) is 383 Å². The summed E-state index contributed by atoms with van der Waals surface area (Å²) in [5.41, 5.74) is 6.57. The number of hydrogen-bond acceptors (Lipinski definition) is 25. The number of allylic oxidation sites excluding steroid dienone is 1. The van der Waals surface area contributed by atoms with Crippen molar-refractivity contribution in [1.29, 1.82) is 0 Å². The van der Waals surface area contributed by atoms with Crippen LogP contribution < -0.4 is 11.1 Å². The minimum Gasteiger partial charge on any atom is -0.456 e. The lowest BCUT2D eigenvalue weighted by Crippen LogP contribution is -2.55. The molecule has 2 aliphatic rings. The van der Waals surface area contributed by atoms with Crippen LogP contribution in [0.15, 0.2) is 39.9 Å². The number of thiazole rings is 1. The molecule has 2 bridgehead atoms. The van der Waals surface area contributed by atoms with Gasteiger partial charge >= 0.3 is 16.4 Å². The molecule has 1 amide bonds. The number of carbonyl (C=O) groups excluding carboxylic acids is 2. The maximum absolute atomic E-state index is 14.2. The Morgan fingerprint density at radius 2 is 1.26 bits per heavy atom. The molecular weight excluding hydrogens is 1400 g/mol. The van der Waals surface area contributed by atoms with Crippen molar-refractivity contribution in [2.24, 2.45) is 29.4 Å². The summed E-state index contributed by atoms with van der Waals surface area (Å²) < 4.78 is 64.3. The van der Waals surface area contributed by atoms with Crippen molar-refractivity contribution in [1.82, 2.24) is 15.3 Å². The average molecular weight is 1530 g/mol. The molecular formula is C77H136N4O22S2. The zero-order valence-corrected chi connectivity index (χ0v) is 65.6. The van der Waals surface area contributed by atoms with Gasteiger partial charge in [0, 0.05) is 42.9 Å². The van der Waals surface area contributed by atoms with Gasteiger partial charge in [-0.05, 0) is 212 Å². The van der Waals surface area contributed by atoms with Crippen molar-refractivity contribution in [3.63, 3.8) is 0 Å². The zero-order valence-electron chi connectivity index (χ0n) is 64.0. The maximum atomic E-state index is 14.2. The lowest BCUT2D eigenvalue weighted by molar-refractivity contribution is -0.120. The first-order valence-corrected chi connectivity index (χ1v) is 41.4. The number of aromatic nitrogens is 2. The second-order valence-corrected chi connectivity index (χ2v) is 33.0. The SMILES string of the molecule is COC1C=CC(C)CCC(O)CC(O)CCCC(O)CCCCC(C)C(OS(=O)(=O)O)C(NC(=O)/C(C)=C/C(C)C(O)CC(O)CC(O)CCCC(O)CC(O)CC(O)CC2OC(c3csc(CCCCCC[C@@H](C)N)n3)CCC2C)C(C)OC(=O)c2coc(n2)CCCC(O)CC(O)CCCC(O)C1. The number of oxazole rings is 1. The van der Waals surface area contributed by atoms with Crippen molar-refractivity contribution in [2.75, 3.05) is 7.11 Å². The highest BCUT2D eigenvalue weighted by Gasteiger charge is 2.40. The summed E-state index contributed by atoms with van der Waals surface area (Å²) in [6.07, 6.45) is 7.45. The third-order valence-corrected chi connectivity index (χ3v) is 22.2. The molecule has 4 heterocycles. The van der Waals surface area contributed by atoms with E-state index >= 15 is 0 Å². The smallest absolute Gasteiger partial charge is 0.397 e. The number of hydrogen-bond donors (Lipinski definition) is 15. The number of amides is 1. The molecule has 28 heteroatoms. The van der Waals surface area contributed by atoms with Gasteiger partial charge in [0.25, 0.3) is 0 Å². The molecule has 0 aliphatic carbocycles. The zero-order chi connectivity index (χ0) is 77.8. The molecule has 0 spiro atoms. The van der Waals surface area contributed by atoms with Gasteiger partial charge in [-0.15, -0.1) is 11.3 Å². The molecule has 0 aromatic carbocycles. The largest absolute Gasteiger partial charge is 0.456 e. The number of carbonyl (C=O) groups is 2. The van der Waals surface area contributed by atoms with E-state index in [4.69, 9.17) is 33.5 Å². The first kappa shape index (κ1) is 93.9. The van der Waals surface area contributed by atoms with Gasteiger partial charge in [0.15, 0.2) is 11.6 Å². The predicted molar refractivity (Wildman–Crippen MR) is 401 cm³/mol. The Hall–Kier alpha value is -3.47. The van der Waals surface area contributed by atoms with Crippen LogP contribution in [-0.4, -0.2) is 213 Å². The third-order valence-electron chi connectivity index (χ3n) is 20.8. The molecule has 16 N–H and O–H groups in total. The first-order chi connectivity index (χ1) is 49.7. The summed E-state index contributed by atoms with van der Waals surface area (Å²) >= 11 is 1.66. The highest BCUT2D eigenvalue weighted by molar-refractivity contribution is 7.80. The molecule has 4 rings (SSSR count). The van der Waals surface area contributed by atoms with E-state index in [0.717, 1.165) is 68.3 Å². The lowest BCUT2D eigenvalue weighted by atomic mass is 9.88. The number of rotatable bonds is 29. The molecule has 2 aromatic heterocycles. The fourth-order valence-electron chi connectivity index (χ4n) is 14.2. The fraction of sp³-hybridized carbons (Fsp3) is 0.844. The van der Waals surface area contributed by atoms with Gasteiger partial charge < -0.3 is 91.0 Å². The van der Waals surface area contributed by atoms with E-state index in [-0.39, 0.29) is 124 Å². The van der Waals surface area contributed by atoms with Gasteiger partial charge in [-0.3, -0.25) is 9.35 Å². The van der Waals surface area contributed by atoms with Gasteiger partial charge in [0.1, 0.15) is 24.6 Å². The summed E-state index contributed by atoms with van der Waals surface area (Å²) in [4.78, 5) is 37.2. The fourth-order valence-corrected chi connectivity index (χ4v) is 15.7. The molecule has 2 aliphatic heterocycles. The van der Waals surface area contributed by atoms with E-state index in [1.165, 1.54) is 19.9 Å². The summed E-state index contributed by atoms with van der Waals surface area (Å²) in [6.45, 7) is 12.2. The van der Waals surface area contributed by atoms with Crippen LogP contribution in [0.25, 0.3) is 0 Å². The number of aliphatic hydroxyl groups excluding tert-OH is 12. The van der Waals surface area contributed by atoms with Crippen LogP contribution in [0.1, 0.15) is 287 Å². The summed E-state index contributed by atoms with van der Waals surface area (Å²) in [7, 11) is -3.67. The molecule has 1 fully saturated rings. The van der Waals surface area contributed by atoms with Gasteiger partial charge in [0.05, 0.1) is 102 Å². The number of unbranched alkanes of at least 4 members (excludes halogenated alkanes) is 3. The minimum atomic E-state index is -5.24. The van der Waals surface area contributed by atoms with Crippen molar-refractivity contribution in [3.05, 3.63) is 57.7 Å². The van der Waals surface area contributed by atoms with E-state index in [1.807, 2.05) is 26.0 Å². The Morgan fingerprint density at radius 3 is 1.90 bits per heavy atom. The normalized spacial score (nSPS) is 30.0. The number of fused-ring (bicyclic) bond motifs is 2. The van der Waals surface area contributed by atoms with Crippen molar-refractivity contribution < 1.29 is 107 Å². The van der Waals surface area contributed by atoms with Crippen molar-refractivity contribution in [3.8, 4) is 0 Å². The minimum absolute atomic E-state index is 0.0176. The molecule has 23 atom stereocenters. The van der Waals surface area contributed by atoms with E-state index in [0.29, 0.717) is 96.3 Å². The van der Waals surface area contributed by atoms with Gasteiger partial charge in [-0.2, -0.15) is 8.42 Å². The molecule has 1 saturated heterocycles. The summed E-state index contributed by atoms with van der Waals surface area (Å²) in [5.74, 6) is -2.95. The van der Waals surface area contributed by atoms with Crippen LogP contribution in [0, 0.1) is 23.7 Å². The lowest BCUT2D eigenvalue weighted by Gasteiger charge is -2.35. The number of nitrogens with two attached hydrogens (primary N) is 1. The number of esters is 1. The number of ether oxygens (including phenoxy) is 3. The van der Waals surface area contributed by atoms with Crippen LogP contribution in [-0.2, 0) is 46.4 Å². The van der Waals surface area contributed by atoms with Crippen LogP contribution in [0.4, 0.5) is 0 Å². The predicted octanol–water partition coefficient (Wildman–Crippen LogP) is 8.81. The Bertz CT molecular complexity index is 2850. The van der Waals surface area contributed by atoms with E-state index < -0.39 is 126 Å². The number of methoxy groups -OCH3 is 1. The Labute approximate surface area is 629 Å². The van der Waals surface area contributed by atoms with Gasteiger partial charge in [-0.25, -0.2) is 18.9 Å². The summed E-state index contributed by atoms with van der Waals surface area (Å²) in [6, 6.07) is -1.25. The first-order valence-electron chi connectivity index (χ1n) is 39.2. The summed E-state index contributed by atoms with van der Waals surface area (Å²) in [5, 5.41) is 137. The Morgan fingerprint density at radius 1 is 0.676 bits per heavy atom. The topological polar surface area (TPSA) is 445 Å². The quantitative estimate of drug-likeness (QED) is 0.0119. The second kappa shape index (κ2) is 50.4. The Kier molecular flexibility index (Phi) is 45.1. The standard InChI is InChI=1S/C77H136N4O22S2/c1-48-31-34-62(89)39-57(84)23-15-22-55(82)21-14-13-19-50(3)75(103-105(96,97)98)74(54(7)101-77(95)67-46-100-72(79-67)29-18-28-58(85)38-56(83)24-17-27-61(88)43-66(99-8)35-32-48)81-76(94)52(5)37-51(4)69(93)44-64(91)41-60(87)26-16-25-59(86)40-63(90)42-65(92)45-71-49(2)33-36-70(102-71)68-47-104-73(80-68)30-12-10-9-11-20-53(6)78/h32,35,37,46-51,53-66,69-71,74-75,82-93H,9-31,33-34,36,38-45,78H2,1-8H3,(H,81,94)(H,96,97,98)/b35-32?,52-37+/t48?,49?,50?,51?,53-,54?,55?,56?,57?,58?,59?,60?,61?,62?,63?,64?,65?,66?,69?,70?,71?,74?,75?/m1/s1. The maximum Gasteiger partial charge on any atom is 0.397 e. The number of nitrogens with zero attached hydrogens (tertiary/aromatic N) is 2. The molecule has 105 heavy (non-hydrogen) atoms. The van der Waals surface area contributed by atoms with Gasteiger partial charge in [-0.1, -0.05) is 78.0 Å². The van der Waals surface area contributed by atoms with E-state index in [1.54, 1.807) is 32.3 Å². The Balaban J connectivity index is 1.34. The van der Waals surface area contributed by atoms with Crippen LogP contribution in [0.2, 0.25) is 0 Å². The van der Waals surface area contributed by atoms with E-state index in [9.17, 15) is 83.8 Å². The average Bonchev–Trinajstić information content (AvgIpc) is 1.80. The third kappa shape index (κ3) is 39.8. The molecule has 22 unspecified atom stereocenters.